The van der Waals surface area contributed by atoms with Gasteiger partial charge in [-0.3, -0.25) is 0 Å². The van der Waals surface area contributed by atoms with Crippen LogP contribution in [-0.4, -0.2) is 0 Å². The van der Waals surface area contributed by atoms with Crippen molar-refractivity contribution in [1.82, 2.24) is 0 Å². The summed E-state index contributed by atoms with van der Waals surface area (Å²) in [6.07, 6.45) is 9.60. The SMILES string of the molecule is CCCCCCCCc1c(C)cc(C)c(C)c1C. The highest BCUT2D eigenvalue weighted by Gasteiger charge is 2.07. The van der Waals surface area contributed by atoms with Crippen molar-refractivity contribution in [2.24, 2.45) is 0 Å². The third kappa shape index (κ3) is 4.15. The third-order valence-electron chi connectivity index (χ3n) is 4.30. The van der Waals surface area contributed by atoms with E-state index in [4.69, 9.17) is 0 Å². The number of hydrogen-bond acceptors (Lipinski definition) is 0. The van der Waals surface area contributed by atoms with Gasteiger partial charge >= 0.3 is 0 Å². The van der Waals surface area contributed by atoms with Crippen molar-refractivity contribution in [3.05, 3.63) is 33.9 Å². The van der Waals surface area contributed by atoms with Gasteiger partial charge in [-0.2, -0.15) is 0 Å². The molecule has 0 bridgehead atoms. The first kappa shape index (κ1) is 15.3. The van der Waals surface area contributed by atoms with E-state index in [9.17, 15) is 0 Å². The zero-order chi connectivity index (χ0) is 13.5. The first-order valence-corrected chi connectivity index (χ1v) is 7.64. The fourth-order valence-corrected chi connectivity index (χ4v) is 2.80. The Bertz CT molecular complexity index is 374. The summed E-state index contributed by atoms with van der Waals surface area (Å²) in [5.41, 5.74) is 7.55. The highest BCUT2D eigenvalue weighted by atomic mass is 14.1. The van der Waals surface area contributed by atoms with Crippen LogP contribution in [0.15, 0.2) is 6.07 Å². The van der Waals surface area contributed by atoms with Crippen LogP contribution < -0.4 is 0 Å². The molecule has 1 rings (SSSR count). The fraction of sp³-hybridized carbons (Fsp3) is 0.667. The van der Waals surface area contributed by atoms with E-state index in [0.717, 1.165) is 0 Å². The van der Waals surface area contributed by atoms with E-state index in [2.05, 4.69) is 40.7 Å². The van der Waals surface area contributed by atoms with Gasteiger partial charge in [-0.25, -0.2) is 0 Å². The minimum Gasteiger partial charge on any atom is -0.0654 e. The Morgan fingerprint density at radius 3 is 2.00 bits per heavy atom. The highest BCUT2D eigenvalue weighted by Crippen LogP contribution is 2.23. The van der Waals surface area contributed by atoms with E-state index in [1.165, 1.54) is 67.2 Å². The molecule has 0 saturated heterocycles. The van der Waals surface area contributed by atoms with Crippen molar-refractivity contribution in [1.29, 1.82) is 0 Å². The fourth-order valence-electron chi connectivity index (χ4n) is 2.80. The molecule has 0 aliphatic heterocycles. The Kier molecular flexibility index (Phi) is 6.46. The van der Waals surface area contributed by atoms with Crippen LogP contribution in [0.1, 0.15) is 73.3 Å². The van der Waals surface area contributed by atoms with Crippen molar-refractivity contribution >= 4 is 0 Å². The topological polar surface area (TPSA) is 0 Å². The van der Waals surface area contributed by atoms with Crippen molar-refractivity contribution in [3.8, 4) is 0 Å². The van der Waals surface area contributed by atoms with E-state index in [1.54, 1.807) is 5.56 Å². The van der Waals surface area contributed by atoms with E-state index in [0.29, 0.717) is 0 Å². The molecule has 0 saturated carbocycles. The molecule has 0 N–H and O–H groups in total. The van der Waals surface area contributed by atoms with Crippen LogP contribution in [-0.2, 0) is 6.42 Å². The van der Waals surface area contributed by atoms with E-state index in [-0.39, 0.29) is 0 Å². The second-order valence-corrected chi connectivity index (χ2v) is 5.76. The van der Waals surface area contributed by atoms with Gasteiger partial charge in [0.15, 0.2) is 0 Å². The first-order valence-electron chi connectivity index (χ1n) is 7.64. The number of benzene rings is 1. The zero-order valence-electron chi connectivity index (χ0n) is 13.0. The molecule has 1 aromatic rings. The summed E-state index contributed by atoms with van der Waals surface area (Å²) in [4.78, 5) is 0. The van der Waals surface area contributed by atoms with Crippen LogP contribution in [0.25, 0.3) is 0 Å². The second kappa shape index (κ2) is 7.61. The predicted octanol–water partition coefficient (Wildman–Crippen LogP) is 5.82. The Labute approximate surface area is 114 Å². The predicted molar refractivity (Wildman–Crippen MR) is 82.5 cm³/mol. The van der Waals surface area contributed by atoms with Crippen LogP contribution in [0.5, 0.6) is 0 Å². The summed E-state index contributed by atoms with van der Waals surface area (Å²) >= 11 is 0. The van der Waals surface area contributed by atoms with Gasteiger partial charge in [-0.05, 0) is 68.4 Å². The molecule has 0 aliphatic carbocycles. The molecule has 0 nitrogen and oxygen atoms in total. The monoisotopic (exact) mass is 246 g/mol. The molecule has 0 heterocycles. The molecule has 0 fully saturated rings. The minimum absolute atomic E-state index is 1.27. The summed E-state index contributed by atoms with van der Waals surface area (Å²) in [7, 11) is 0. The normalized spacial score (nSPS) is 10.9. The standard InChI is InChI=1S/C18H30/c1-6-7-8-9-10-11-12-18-15(3)13-14(2)16(4)17(18)5/h13H,6-12H2,1-5H3. The molecule has 0 unspecified atom stereocenters. The quantitative estimate of drug-likeness (QED) is 0.531. The lowest BCUT2D eigenvalue weighted by atomic mass is 9.91. The van der Waals surface area contributed by atoms with Crippen molar-refractivity contribution < 1.29 is 0 Å². The summed E-state index contributed by atoms with van der Waals surface area (Å²) in [5, 5.41) is 0. The van der Waals surface area contributed by atoms with E-state index < -0.39 is 0 Å². The summed E-state index contributed by atoms with van der Waals surface area (Å²) in [6.45, 7) is 11.3. The number of rotatable bonds is 7. The van der Waals surface area contributed by atoms with E-state index >= 15 is 0 Å². The molecule has 18 heavy (non-hydrogen) atoms. The van der Waals surface area contributed by atoms with Gasteiger partial charge in [0.25, 0.3) is 0 Å². The van der Waals surface area contributed by atoms with Gasteiger partial charge < -0.3 is 0 Å². The maximum absolute atomic E-state index is 2.36. The van der Waals surface area contributed by atoms with E-state index in [1.807, 2.05) is 0 Å². The van der Waals surface area contributed by atoms with Crippen LogP contribution in [0.3, 0.4) is 0 Å². The molecular formula is C18H30. The smallest absolute Gasteiger partial charge is 0.0274 e. The van der Waals surface area contributed by atoms with Crippen molar-refractivity contribution in [3.63, 3.8) is 0 Å². The Morgan fingerprint density at radius 2 is 1.33 bits per heavy atom. The first-order chi connectivity index (χ1) is 8.57. The van der Waals surface area contributed by atoms with Gasteiger partial charge in [0.05, 0.1) is 0 Å². The Morgan fingerprint density at radius 1 is 0.722 bits per heavy atom. The molecule has 1 aromatic carbocycles. The molecule has 0 aliphatic rings. The number of unbranched alkanes of at least 4 members (excludes halogenated alkanes) is 5. The van der Waals surface area contributed by atoms with Crippen molar-refractivity contribution in [2.75, 3.05) is 0 Å². The van der Waals surface area contributed by atoms with Gasteiger partial charge in [-0.15, -0.1) is 0 Å². The Balaban J connectivity index is 2.50. The van der Waals surface area contributed by atoms with Crippen molar-refractivity contribution in [2.45, 2.75) is 79.6 Å². The van der Waals surface area contributed by atoms with Crippen LogP contribution in [0, 0.1) is 27.7 Å². The maximum Gasteiger partial charge on any atom is -0.0274 e. The highest BCUT2D eigenvalue weighted by molar-refractivity contribution is 5.43. The molecule has 0 amide bonds. The molecule has 0 spiro atoms. The maximum atomic E-state index is 2.36. The minimum atomic E-state index is 1.27. The number of hydrogen-bond donors (Lipinski definition) is 0. The summed E-state index contributed by atoms with van der Waals surface area (Å²) in [6, 6.07) is 2.36. The summed E-state index contributed by atoms with van der Waals surface area (Å²) in [5.74, 6) is 0. The van der Waals surface area contributed by atoms with Gasteiger partial charge in [0.2, 0.25) is 0 Å². The molecular weight excluding hydrogens is 216 g/mol. The molecule has 102 valence electrons. The molecule has 0 atom stereocenters. The average molecular weight is 246 g/mol. The molecule has 0 aromatic heterocycles. The summed E-state index contributed by atoms with van der Waals surface area (Å²) < 4.78 is 0. The van der Waals surface area contributed by atoms with Crippen LogP contribution in [0.2, 0.25) is 0 Å². The lowest BCUT2D eigenvalue weighted by Gasteiger charge is -2.15. The lowest BCUT2D eigenvalue weighted by molar-refractivity contribution is 0.606. The van der Waals surface area contributed by atoms with Gasteiger partial charge in [-0.1, -0.05) is 45.1 Å². The van der Waals surface area contributed by atoms with Gasteiger partial charge in [0.1, 0.15) is 0 Å². The number of aryl methyl sites for hydroxylation is 2. The molecule has 0 radical (unpaired) electrons. The van der Waals surface area contributed by atoms with Crippen LogP contribution in [0.4, 0.5) is 0 Å². The lowest BCUT2D eigenvalue weighted by Crippen LogP contribution is -1.99. The Hall–Kier alpha value is -0.780. The average Bonchev–Trinajstić information content (AvgIpc) is 2.34. The van der Waals surface area contributed by atoms with Crippen LogP contribution >= 0.6 is 0 Å². The molecule has 0 heteroatoms. The zero-order valence-corrected chi connectivity index (χ0v) is 13.0. The third-order valence-corrected chi connectivity index (χ3v) is 4.30. The van der Waals surface area contributed by atoms with Gasteiger partial charge in [0, 0.05) is 0 Å². The largest absolute Gasteiger partial charge is 0.0654 e. The second-order valence-electron chi connectivity index (χ2n) is 5.76.